The predicted molar refractivity (Wildman–Crippen MR) is 91.9 cm³/mol. The lowest BCUT2D eigenvalue weighted by Gasteiger charge is -2.30. The average Bonchev–Trinajstić information content (AvgIpc) is 2.99. The van der Waals surface area contributed by atoms with Gasteiger partial charge in [0.2, 0.25) is 0 Å². The van der Waals surface area contributed by atoms with E-state index in [1.165, 1.54) is 5.56 Å². The summed E-state index contributed by atoms with van der Waals surface area (Å²) in [5.74, 6) is -0.142. The van der Waals surface area contributed by atoms with Gasteiger partial charge in [-0.05, 0) is 42.3 Å². The smallest absolute Gasteiger partial charge is 0.128 e. The maximum absolute atomic E-state index is 14.6. The van der Waals surface area contributed by atoms with E-state index in [0.717, 1.165) is 37.3 Å². The van der Waals surface area contributed by atoms with E-state index in [1.54, 1.807) is 12.1 Å². The molecule has 0 fully saturated rings. The van der Waals surface area contributed by atoms with Crippen LogP contribution in [0.2, 0.25) is 0 Å². The normalized spacial score (nSPS) is 18.1. The molecular formula is C20H20FN3. The molecule has 1 aromatic carbocycles. The van der Waals surface area contributed by atoms with Crippen molar-refractivity contribution in [2.75, 3.05) is 6.54 Å². The van der Waals surface area contributed by atoms with Crippen molar-refractivity contribution in [2.24, 2.45) is 0 Å². The molecule has 2 aromatic heterocycles. The van der Waals surface area contributed by atoms with Crippen molar-refractivity contribution in [3.8, 4) is 0 Å². The van der Waals surface area contributed by atoms with E-state index in [1.807, 2.05) is 36.7 Å². The summed E-state index contributed by atoms with van der Waals surface area (Å²) >= 11 is 0. The molecule has 0 aliphatic carbocycles. The van der Waals surface area contributed by atoms with Crippen LogP contribution in [0.15, 0.2) is 67.1 Å². The Balaban J connectivity index is 1.77. The second-order valence-corrected chi connectivity index (χ2v) is 6.23. The van der Waals surface area contributed by atoms with Crippen molar-refractivity contribution < 1.29 is 4.39 Å². The highest BCUT2D eigenvalue weighted by molar-refractivity contribution is 5.31. The number of hydrogen-bond donors (Lipinski definition) is 0. The van der Waals surface area contributed by atoms with Gasteiger partial charge in [-0.3, -0.25) is 9.88 Å². The van der Waals surface area contributed by atoms with Crippen LogP contribution in [-0.2, 0) is 13.1 Å². The van der Waals surface area contributed by atoms with Crippen LogP contribution in [0.5, 0.6) is 0 Å². The molecule has 0 saturated carbocycles. The number of benzene rings is 1. The number of nitrogens with zero attached hydrogens (tertiary/aromatic N) is 3. The lowest BCUT2D eigenvalue weighted by atomic mass is 10.0. The van der Waals surface area contributed by atoms with Crippen LogP contribution in [0.1, 0.15) is 29.3 Å². The lowest BCUT2D eigenvalue weighted by molar-refractivity contribution is 0.216. The molecule has 0 amide bonds. The zero-order valence-electron chi connectivity index (χ0n) is 13.5. The topological polar surface area (TPSA) is 21.1 Å². The van der Waals surface area contributed by atoms with Gasteiger partial charge in [-0.2, -0.15) is 0 Å². The molecule has 0 N–H and O–H groups in total. The highest BCUT2D eigenvalue weighted by atomic mass is 19.1. The molecular weight excluding hydrogens is 301 g/mol. The van der Waals surface area contributed by atoms with Crippen molar-refractivity contribution >= 4 is 0 Å². The van der Waals surface area contributed by atoms with Crippen molar-refractivity contribution in [1.82, 2.24) is 14.5 Å². The fourth-order valence-electron chi connectivity index (χ4n) is 3.59. The van der Waals surface area contributed by atoms with Crippen LogP contribution in [0.4, 0.5) is 4.39 Å². The summed E-state index contributed by atoms with van der Waals surface area (Å²) in [4.78, 5) is 6.46. The Bertz CT molecular complexity index is 813. The number of aromatic nitrogens is 2. The molecule has 1 aliphatic rings. The summed E-state index contributed by atoms with van der Waals surface area (Å²) in [5.41, 5.74) is 3.10. The zero-order chi connectivity index (χ0) is 16.4. The first-order valence-electron chi connectivity index (χ1n) is 8.35. The molecule has 0 radical (unpaired) electrons. The standard InChI is InChI=1S/C20H20FN3/c21-18-6-2-1-5-17(18)20-19-7-3-12-23(19)13-4-14-24(20)15-16-8-10-22-11-9-16/h1-3,5-12,20H,4,13-15H2/t20-/m0/s1. The van der Waals surface area contributed by atoms with Crippen LogP contribution in [0, 0.1) is 5.82 Å². The van der Waals surface area contributed by atoms with Gasteiger partial charge in [0.25, 0.3) is 0 Å². The highest BCUT2D eigenvalue weighted by Gasteiger charge is 2.29. The van der Waals surface area contributed by atoms with Gasteiger partial charge in [0.15, 0.2) is 0 Å². The summed E-state index contributed by atoms with van der Waals surface area (Å²) in [6.07, 6.45) is 6.78. The SMILES string of the molecule is Fc1ccccc1[C@H]1c2cccn2CCCN1Cc1ccncc1. The summed E-state index contributed by atoms with van der Waals surface area (Å²) < 4.78 is 16.8. The summed E-state index contributed by atoms with van der Waals surface area (Å²) in [7, 11) is 0. The minimum absolute atomic E-state index is 0.0723. The fraction of sp³-hybridized carbons (Fsp3) is 0.250. The lowest BCUT2D eigenvalue weighted by Crippen LogP contribution is -2.30. The molecule has 0 unspecified atom stereocenters. The molecule has 3 aromatic rings. The Hall–Kier alpha value is -2.46. The largest absolute Gasteiger partial charge is 0.350 e. The van der Waals surface area contributed by atoms with Gasteiger partial charge in [-0.1, -0.05) is 18.2 Å². The first kappa shape index (κ1) is 15.1. The second-order valence-electron chi connectivity index (χ2n) is 6.23. The molecule has 4 heteroatoms. The number of pyridine rings is 1. The van der Waals surface area contributed by atoms with Crippen LogP contribution >= 0.6 is 0 Å². The summed E-state index contributed by atoms with van der Waals surface area (Å²) in [5, 5.41) is 0. The fourth-order valence-corrected chi connectivity index (χ4v) is 3.59. The van der Waals surface area contributed by atoms with Gasteiger partial charge >= 0.3 is 0 Å². The Morgan fingerprint density at radius 3 is 2.67 bits per heavy atom. The Morgan fingerprint density at radius 2 is 1.83 bits per heavy atom. The van der Waals surface area contributed by atoms with E-state index in [4.69, 9.17) is 0 Å². The third-order valence-corrected chi connectivity index (χ3v) is 4.69. The Labute approximate surface area is 141 Å². The Kier molecular flexibility index (Phi) is 4.13. The number of aryl methyl sites for hydroxylation is 1. The van der Waals surface area contributed by atoms with E-state index >= 15 is 0 Å². The quantitative estimate of drug-likeness (QED) is 0.726. The molecule has 122 valence electrons. The van der Waals surface area contributed by atoms with E-state index < -0.39 is 0 Å². The van der Waals surface area contributed by atoms with Crippen molar-refractivity contribution in [3.63, 3.8) is 0 Å². The molecule has 1 aliphatic heterocycles. The van der Waals surface area contributed by atoms with E-state index in [0.29, 0.717) is 0 Å². The molecule has 0 saturated heterocycles. The average molecular weight is 321 g/mol. The summed E-state index contributed by atoms with van der Waals surface area (Å²) in [6.45, 7) is 2.69. The van der Waals surface area contributed by atoms with Crippen molar-refractivity contribution in [3.05, 3.63) is 89.8 Å². The molecule has 0 bridgehead atoms. The van der Waals surface area contributed by atoms with Crippen molar-refractivity contribution in [1.29, 1.82) is 0 Å². The van der Waals surface area contributed by atoms with Gasteiger partial charge in [0.05, 0.1) is 6.04 Å². The number of fused-ring (bicyclic) bond motifs is 1. The third kappa shape index (κ3) is 2.85. The Morgan fingerprint density at radius 1 is 1.00 bits per heavy atom. The van der Waals surface area contributed by atoms with E-state index in [-0.39, 0.29) is 11.9 Å². The van der Waals surface area contributed by atoms with Crippen LogP contribution < -0.4 is 0 Å². The first-order chi connectivity index (χ1) is 11.8. The van der Waals surface area contributed by atoms with E-state index in [9.17, 15) is 4.39 Å². The van der Waals surface area contributed by atoms with Crippen LogP contribution in [0.3, 0.4) is 0 Å². The maximum Gasteiger partial charge on any atom is 0.128 e. The van der Waals surface area contributed by atoms with Gasteiger partial charge in [0, 0.05) is 49.5 Å². The van der Waals surface area contributed by atoms with Crippen LogP contribution in [-0.4, -0.2) is 21.0 Å². The minimum Gasteiger partial charge on any atom is -0.350 e. The zero-order valence-corrected chi connectivity index (χ0v) is 13.5. The minimum atomic E-state index is -0.142. The predicted octanol–water partition coefficient (Wildman–Crippen LogP) is 4.02. The molecule has 0 spiro atoms. The van der Waals surface area contributed by atoms with Crippen LogP contribution in [0.25, 0.3) is 0 Å². The molecule has 3 heterocycles. The van der Waals surface area contributed by atoms with E-state index in [2.05, 4.69) is 32.8 Å². The van der Waals surface area contributed by atoms with Gasteiger partial charge in [0.1, 0.15) is 5.82 Å². The molecule has 24 heavy (non-hydrogen) atoms. The van der Waals surface area contributed by atoms with Crippen molar-refractivity contribution in [2.45, 2.75) is 25.6 Å². The third-order valence-electron chi connectivity index (χ3n) is 4.69. The number of hydrogen-bond acceptors (Lipinski definition) is 2. The molecule has 4 rings (SSSR count). The van der Waals surface area contributed by atoms with Gasteiger partial charge in [-0.25, -0.2) is 4.39 Å². The number of rotatable bonds is 3. The number of halogens is 1. The maximum atomic E-state index is 14.6. The molecule has 3 nitrogen and oxygen atoms in total. The van der Waals surface area contributed by atoms with Gasteiger partial charge in [-0.15, -0.1) is 0 Å². The first-order valence-corrected chi connectivity index (χ1v) is 8.35. The molecule has 1 atom stereocenters. The summed E-state index contributed by atoms with van der Waals surface area (Å²) in [6, 6.07) is 15.3. The van der Waals surface area contributed by atoms with Gasteiger partial charge < -0.3 is 4.57 Å². The highest BCUT2D eigenvalue weighted by Crippen LogP contribution is 2.34. The second kappa shape index (κ2) is 6.57. The monoisotopic (exact) mass is 321 g/mol.